The molecule has 0 aliphatic rings. The predicted molar refractivity (Wildman–Crippen MR) is 77.4 cm³/mol. The maximum Gasteiger partial charge on any atom is 0.123 e. The number of pyridine rings is 1. The molecule has 18 heavy (non-hydrogen) atoms. The molecule has 0 bridgehead atoms. The molecule has 0 spiro atoms. The standard InChI is InChI=1S/C14H18N4/c1-10-4-5-11(8-13(10)18(2)3)17-12-6-7-14(15)16-9-12/h4-9,17H,1-3H3,(H2,15,16). The molecule has 94 valence electrons. The first-order valence-electron chi connectivity index (χ1n) is 5.83. The highest BCUT2D eigenvalue weighted by Gasteiger charge is 2.02. The van der Waals surface area contributed by atoms with Crippen LogP contribution in [0.15, 0.2) is 36.5 Å². The molecule has 0 amide bonds. The van der Waals surface area contributed by atoms with Crippen LogP contribution in [0.25, 0.3) is 0 Å². The minimum absolute atomic E-state index is 0.526. The van der Waals surface area contributed by atoms with Crippen LogP contribution in [-0.2, 0) is 0 Å². The van der Waals surface area contributed by atoms with Gasteiger partial charge in [-0.05, 0) is 36.8 Å². The number of nitrogen functional groups attached to an aromatic ring is 1. The van der Waals surface area contributed by atoms with Crippen LogP contribution in [0.1, 0.15) is 5.56 Å². The van der Waals surface area contributed by atoms with Gasteiger partial charge in [-0.2, -0.15) is 0 Å². The second-order valence-corrected chi connectivity index (χ2v) is 4.49. The summed E-state index contributed by atoms with van der Waals surface area (Å²) in [7, 11) is 4.08. The van der Waals surface area contributed by atoms with Crippen LogP contribution >= 0.6 is 0 Å². The number of nitrogens with two attached hydrogens (primary N) is 1. The zero-order valence-electron chi connectivity index (χ0n) is 10.9. The summed E-state index contributed by atoms with van der Waals surface area (Å²) in [6.45, 7) is 2.10. The molecule has 1 aromatic heterocycles. The van der Waals surface area contributed by atoms with E-state index in [2.05, 4.69) is 40.3 Å². The second-order valence-electron chi connectivity index (χ2n) is 4.49. The first-order chi connectivity index (χ1) is 8.56. The molecule has 0 fully saturated rings. The topological polar surface area (TPSA) is 54.2 Å². The van der Waals surface area contributed by atoms with Crippen molar-refractivity contribution in [3.05, 3.63) is 42.1 Å². The normalized spacial score (nSPS) is 10.2. The molecule has 1 aromatic carbocycles. The molecular weight excluding hydrogens is 224 g/mol. The average molecular weight is 242 g/mol. The van der Waals surface area contributed by atoms with Crippen molar-refractivity contribution in [2.24, 2.45) is 0 Å². The van der Waals surface area contributed by atoms with Gasteiger partial charge in [-0.25, -0.2) is 4.98 Å². The summed E-state index contributed by atoms with van der Waals surface area (Å²) >= 11 is 0. The lowest BCUT2D eigenvalue weighted by Gasteiger charge is -2.17. The van der Waals surface area contributed by atoms with E-state index in [4.69, 9.17) is 5.73 Å². The Hall–Kier alpha value is -2.23. The van der Waals surface area contributed by atoms with E-state index in [1.807, 2.05) is 20.2 Å². The van der Waals surface area contributed by atoms with Crippen LogP contribution < -0.4 is 16.0 Å². The molecule has 3 N–H and O–H groups in total. The van der Waals surface area contributed by atoms with E-state index in [-0.39, 0.29) is 0 Å². The number of aryl methyl sites for hydroxylation is 1. The zero-order valence-corrected chi connectivity index (χ0v) is 10.9. The van der Waals surface area contributed by atoms with Crippen molar-refractivity contribution >= 4 is 22.9 Å². The summed E-state index contributed by atoms with van der Waals surface area (Å²) in [5.41, 5.74) is 9.97. The van der Waals surface area contributed by atoms with Gasteiger partial charge in [0, 0.05) is 25.5 Å². The van der Waals surface area contributed by atoms with Gasteiger partial charge in [-0.15, -0.1) is 0 Å². The molecule has 0 radical (unpaired) electrons. The van der Waals surface area contributed by atoms with E-state index >= 15 is 0 Å². The van der Waals surface area contributed by atoms with Crippen molar-refractivity contribution in [3.8, 4) is 0 Å². The van der Waals surface area contributed by atoms with E-state index in [0.29, 0.717) is 5.82 Å². The van der Waals surface area contributed by atoms with E-state index in [1.54, 1.807) is 12.3 Å². The first-order valence-corrected chi connectivity index (χ1v) is 5.83. The van der Waals surface area contributed by atoms with Gasteiger partial charge < -0.3 is 16.0 Å². The van der Waals surface area contributed by atoms with Crippen LogP contribution in [0.4, 0.5) is 22.9 Å². The molecule has 0 aliphatic heterocycles. The van der Waals surface area contributed by atoms with Crippen molar-refractivity contribution in [1.29, 1.82) is 0 Å². The third-order valence-electron chi connectivity index (χ3n) is 2.77. The fourth-order valence-electron chi connectivity index (χ4n) is 1.81. The fraction of sp³-hybridized carbons (Fsp3) is 0.214. The Kier molecular flexibility index (Phi) is 3.37. The summed E-state index contributed by atoms with van der Waals surface area (Å²) in [5.74, 6) is 0.526. The maximum atomic E-state index is 5.56. The van der Waals surface area contributed by atoms with Crippen LogP contribution in [0.3, 0.4) is 0 Å². The number of benzene rings is 1. The molecule has 0 aliphatic carbocycles. The highest BCUT2D eigenvalue weighted by Crippen LogP contribution is 2.24. The summed E-state index contributed by atoms with van der Waals surface area (Å²) in [4.78, 5) is 6.15. The molecule has 0 saturated heterocycles. The number of aromatic nitrogens is 1. The molecule has 0 unspecified atom stereocenters. The zero-order chi connectivity index (χ0) is 13.1. The van der Waals surface area contributed by atoms with Gasteiger partial charge in [0.1, 0.15) is 5.82 Å². The molecule has 4 nitrogen and oxygen atoms in total. The minimum atomic E-state index is 0.526. The Morgan fingerprint density at radius 2 is 1.83 bits per heavy atom. The largest absolute Gasteiger partial charge is 0.384 e. The van der Waals surface area contributed by atoms with Crippen molar-refractivity contribution in [2.75, 3.05) is 30.0 Å². The van der Waals surface area contributed by atoms with E-state index in [1.165, 1.54) is 11.3 Å². The molecular formula is C14H18N4. The van der Waals surface area contributed by atoms with Gasteiger partial charge >= 0.3 is 0 Å². The number of rotatable bonds is 3. The molecule has 0 saturated carbocycles. The molecule has 2 rings (SSSR count). The van der Waals surface area contributed by atoms with Gasteiger partial charge in [-0.1, -0.05) is 6.07 Å². The van der Waals surface area contributed by atoms with Crippen molar-refractivity contribution < 1.29 is 0 Å². The lowest BCUT2D eigenvalue weighted by atomic mass is 10.1. The van der Waals surface area contributed by atoms with Gasteiger partial charge in [0.25, 0.3) is 0 Å². The lowest BCUT2D eigenvalue weighted by Crippen LogP contribution is -2.10. The molecule has 1 heterocycles. The Morgan fingerprint density at radius 1 is 1.11 bits per heavy atom. The van der Waals surface area contributed by atoms with E-state index in [9.17, 15) is 0 Å². The Labute approximate surface area is 107 Å². The first kappa shape index (κ1) is 12.2. The second kappa shape index (κ2) is 4.96. The van der Waals surface area contributed by atoms with E-state index < -0.39 is 0 Å². The van der Waals surface area contributed by atoms with Gasteiger partial charge in [-0.3, -0.25) is 0 Å². The predicted octanol–water partition coefficient (Wildman–Crippen LogP) is 2.78. The minimum Gasteiger partial charge on any atom is -0.384 e. The van der Waals surface area contributed by atoms with Gasteiger partial charge in [0.05, 0.1) is 11.9 Å². The maximum absolute atomic E-state index is 5.56. The third-order valence-corrected chi connectivity index (χ3v) is 2.77. The smallest absolute Gasteiger partial charge is 0.123 e. The summed E-state index contributed by atoms with van der Waals surface area (Å²) in [6.07, 6.45) is 1.73. The number of nitrogens with zero attached hydrogens (tertiary/aromatic N) is 2. The Bertz CT molecular complexity index is 532. The van der Waals surface area contributed by atoms with Crippen molar-refractivity contribution in [1.82, 2.24) is 4.98 Å². The van der Waals surface area contributed by atoms with Crippen molar-refractivity contribution in [2.45, 2.75) is 6.92 Å². The molecule has 2 aromatic rings. The number of hydrogen-bond acceptors (Lipinski definition) is 4. The van der Waals surface area contributed by atoms with Crippen LogP contribution in [-0.4, -0.2) is 19.1 Å². The monoisotopic (exact) mass is 242 g/mol. The van der Waals surface area contributed by atoms with Crippen molar-refractivity contribution in [3.63, 3.8) is 0 Å². The van der Waals surface area contributed by atoms with Gasteiger partial charge in [0.2, 0.25) is 0 Å². The van der Waals surface area contributed by atoms with Crippen LogP contribution in [0.5, 0.6) is 0 Å². The molecule has 4 heteroatoms. The highest BCUT2D eigenvalue weighted by atomic mass is 15.1. The van der Waals surface area contributed by atoms with Gasteiger partial charge in [0.15, 0.2) is 0 Å². The average Bonchev–Trinajstić information content (AvgIpc) is 2.34. The summed E-state index contributed by atoms with van der Waals surface area (Å²) < 4.78 is 0. The highest BCUT2D eigenvalue weighted by molar-refractivity contribution is 5.67. The number of hydrogen-bond donors (Lipinski definition) is 2. The molecule has 0 atom stereocenters. The van der Waals surface area contributed by atoms with Crippen LogP contribution in [0.2, 0.25) is 0 Å². The summed E-state index contributed by atoms with van der Waals surface area (Å²) in [5, 5.41) is 3.31. The van der Waals surface area contributed by atoms with E-state index in [0.717, 1.165) is 11.4 Å². The third kappa shape index (κ3) is 2.71. The summed E-state index contributed by atoms with van der Waals surface area (Å²) in [6, 6.07) is 9.97. The quantitative estimate of drug-likeness (QED) is 0.869. The Balaban J connectivity index is 2.24. The van der Waals surface area contributed by atoms with Crippen LogP contribution in [0, 0.1) is 6.92 Å². The Morgan fingerprint density at radius 3 is 2.44 bits per heavy atom. The lowest BCUT2D eigenvalue weighted by molar-refractivity contribution is 1.11. The number of nitrogens with one attached hydrogen (secondary N) is 1. The fourth-order valence-corrected chi connectivity index (χ4v) is 1.81. The number of anilines is 4. The SMILES string of the molecule is Cc1ccc(Nc2ccc(N)nc2)cc1N(C)C.